The number of hydrogen-bond acceptors (Lipinski definition) is 4. The first-order valence-electron chi connectivity index (χ1n) is 6.76. The summed E-state index contributed by atoms with van der Waals surface area (Å²) in [6.07, 6.45) is 4.55. The van der Waals surface area contributed by atoms with Crippen molar-refractivity contribution in [1.29, 1.82) is 5.26 Å². The normalized spacial score (nSPS) is 10.7. The quantitative estimate of drug-likeness (QED) is 0.680. The largest absolute Gasteiger partial charge is 0.494 e. The molecule has 1 aromatic carbocycles. The van der Waals surface area contributed by atoms with Gasteiger partial charge in [-0.3, -0.25) is 9.78 Å². The zero-order valence-electron chi connectivity index (χ0n) is 12.4. The zero-order valence-corrected chi connectivity index (χ0v) is 12.4. The molecule has 0 bridgehead atoms. The Labute approximate surface area is 133 Å². The first-order valence-corrected chi connectivity index (χ1v) is 6.76. The fourth-order valence-electron chi connectivity index (χ4n) is 1.87. The van der Waals surface area contributed by atoms with Crippen LogP contribution in [0.15, 0.2) is 48.3 Å². The monoisotopic (exact) mass is 311 g/mol. The van der Waals surface area contributed by atoms with Crippen LogP contribution in [0.1, 0.15) is 11.1 Å². The Bertz CT molecular complexity index is 767. The number of nitrogens with zero attached hydrogens (tertiary/aromatic N) is 2. The summed E-state index contributed by atoms with van der Waals surface area (Å²) in [5.74, 6) is -0.987. The van der Waals surface area contributed by atoms with E-state index < -0.39 is 11.7 Å². The number of rotatable bonds is 5. The third-order valence-corrected chi connectivity index (χ3v) is 3.05. The summed E-state index contributed by atoms with van der Waals surface area (Å²) in [7, 11) is 1.36. The van der Waals surface area contributed by atoms with Gasteiger partial charge in [0.25, 0.3) is 5.91 Å². The summed E-state index contributed by atoms with van der Waals surface area (Å²) in [5.41, 5.74) is 1.16. The molecule has 0 aliphatic carbocycles. The van der Waals surface area contributed by atoms with Crippen LogP contribution in [0.5, 0.6) is 5.75 Å². The first kappa shape index (κ1) is 16.2. The number of halogens is 1. The van der Waals surface area contributed by atoms with Gasteiger partial charge in [-0.2, -0.15) is 5.26 Å². The fraction of sp³-hybridized carbons (Fsp3) is 0.118. The molecule has 1 heterocycles. The lowest BCUT2D eigenvalue weighted by molar-refractivity contribution is -0.117. The van der Waals surface area contributed by atoms with Crippen molar-refractivity contribution in [1.82, 2.24) is 10.3 Å². The van der Waals surface area contributed by atoms with Crippen LogP contribution < -0.4 is 10.1 Å². The topological polar surface area (TPSA) is 75.0 Å². The molecule has 0 saturated heterocycles. The van der Waals surface area contributed by atoms with E-state index >= 15 is 0 Å². The molecule has 0 aliphatic rings. The van der Waals surface area contributed by atoms with E-state index in [0.29, 0.717) is 5.56 Å². The number of aromatic nitrogens is 1. The predicted molar refractivity (Wildman–Crippen MR) is 82.6 cm³/mol. The van der Waals surface area contributed by atoms with Gasteiger partial charge in [0.15, 0.2) is 11.6 Å². The average Bonchev–Trinajstić information content (AvgIpc) is 2.58. The van der Waals surface area contributed by atoms with E-state index in [1.807, 2.05) is 6.07 Å². The number of methoxy groups -OCH3 is 1. The lowest BCUT2D eigenvalue weighted by Gasteiger charge is -2.05. The molecule has 0 radical (unpaired) electrons. The van der Waals surface area contributed by atoms with Crippen molar-refractivity contribution in [2.24, 2.45) is 0 Å². The Morgan fingerprint density at radius 3 is 2.74 bits per heavy atom. The van der Waals surface area contributed by atoms with E-state index in [1.54, 1.807) is 30.6 Å². The van der Waals surface area contributed by atoms with Gasteiger partial charge in [-0.1, -0.05) is 6.07 Å². The summed E-state index contributed by atoms with van der Waals surface area (Å²) >= 11 is 0. The summed E-state index contributed by atoms with van der Waals surface area (Å²) in [6.45, 7) is 0.275. The van der Waals surface area contributed by atoms with Gasteiger partial charge in [0.05, 0.1) is 7.11 Å². The number of nitrogens with one attached hydrogen (secondary N) is 1. The highest BCUT2D eigenvalue weighted by Crippen LogP contribution is 2.19. The van der Waals surface area contributed by atoms with Crippen LogP contribution in [0.3, 0.4) is 0 Å². The third-order valence-electron chi connectivity index (χ3n) is 3.05. The highest BCUT2D eigenvalue weighted by atomic mass is 19.1. The highest BCUT2D eigenvalue weighted by molar-refractivity contribution is 6.01. The Kier molecular flexibility index (Phi) is 5.42. The van der Waals surface area contributed by atoms with E-state index in [2.05, 4.69) is 10.3 Å². The number of benzene rings is 1. The van der Waals surface area contributed by atoms with Gasteiger partial charge in [0.2, 0.25) is 0 Å². The average molecular weight is 311 g/mol. The van der Waals surface area contributed by atoms with E-state index in [4.69, 9.17) is 10.00 Å². The summed E-state index contributed by atoms with van der Waals surface area (Å²) in [6, 6.07) is 9.54. The second-order valence-corrected chi connectivity index (χ2v) is 4.60. The van der Waals surface area contributed by atoms with Gasteiger partial charge >= 0.3 is 0 Å². The van der Waals surface area contributed by atoms with Crippen molar-refractivity contribution < 1.29 is 13.9 Å². The molecule has 0 aliphatic heterocycles. The summed E-state index contributed by atoms with van der Waals surface area (Å²) < 4.78 is 18.5. The molecule has 6 heteroatoms. The van der Waals surface area contributed by atoms with Crippen LogP contribution in [-0.2, 0) is 11.3 Å². The second-order valence-electron chi connectivity index (χ2n) is 4.60. The Morgan fingerprint density at radius 2 is 2.13 bits per heavy atom. The van der Waals surface area contributed by atoms with Gasteiger partial charge in [0, 0.05) is 18.9 Å². The molecule has 0 spiro atoms. The van der Waals surface area contributed by atoms with Crippen LogP contribution >= 0.6 is 0 Å². The van der Waals surface area contributed by atoms with Crippen molar-refractivity contribution in [2.45, 2.75) is 6.54 Å². The van der Waals surface area contributed by atoms with Gasteiger partial charge in [0.1, 0.15) is 11.6 Å². The number of carbonyl (C=O) groups is 1. The number of hydrogen-bond donors (Lipinski definition) is 1. The van der Waals surface area contributed by atoms with Crippen molar-refractivity contribution in [3.63, 3.8) is 0 Å². The maximum atomic E-state index is 13.6. The Hall–Kier alpha value is -3.20. The zero-order chi connectivity index (χ0) is 16.7. The standard InChI is InChI=1S/C17H14FN3O2/c1-23-16-3-2-13(9-15(16)18)8-14(10-19)17(22)21-11-12-4-6-20-7-5-12/h2-9H,11H2,1H3,(H,21,22)/b14-8+. The summed E-state index contributed by atoms with van der Waals surface area (Å²) in [4.78, 5) is 15.9. The lowest BCUT2D eigenvalue weighted by Crippen LogP contribution is -2.23. The molecule has 0 unspecified atom stereocenters. The van der Waals surface area contributed by atoms with E-state index in [0.717, 1.165) is 5.56 Å². The molecule has 1 amide bonds. The van der Waals surface area contributed by atoms with Crippen LogP contribution in [0.2, 0.25) is 0 Å². The smallest absolute Gasteiger partial charge is 0.262 e. The third kappa shape index (κ3) is 4.38. The number of ether oxygens (including phenoxy) is 1. The van der Waals surface area contributed by atoms with Gasteiger partial charge < -0.3 is 10.1 Å². The van der Waals surface area contributed by atoms with E-state index in [9.17, 15) is 9.18 Å². The van der Waals surface area contributed by atoms with Gasteiger partial charge in [-0.05, 0) is 41.5 Å². The van der Waals surface area contributed by atoms with E-state index in [-0.39, 0.29) is 17.9 Å². The highest BCUT2D eigenvalue weighted by Gasteiger charge is 2.10. The van der Waals surface area contributed by atoms with Gasteiger partial charge in [-0.25, -0.2) is 4.39 Å². The number of pyridine rings is 1. The molecule has 2 aromatic rings. The molecule has 23 heavy (non-hydrogen) atoms. The molecule has 2 rings (SSSR count). The van der Waals surface area contributed by atoms with Crippen molar-refractivity contribution in [2.75, 3.05) is 7.11 Å². The minimum atomic E-state index is -0.560. The number of nitriles is 1. The number of carbonyl (C=O) groups excluding carboxylic acids is 1. The molecule has 5 nitrogen and oxygen atoms in total. The van der Waals surface area contributed by atoms with Crippen molar-refractivity contribution in [3.05, 3.63) is 65.2 Å². The SMILES string of the molecule is COc1ccc(/C=C(\C#N)C(=O)NCc2ccncc2)cc1F. The molecular weight excluding hydrogens is 297 g/mol. The van der Waals surface area contributed by atoms with Crippen LogP contribution in [0.4, 0.5) is 4.39 Å². The molecule has 116 valence electrons. The molecule has 1 aromatic heterocycles. The Balaban J connectivity index is 2.10. The Morgan fingerprint density at radius 1 is 1.39 bits per heavy atom. The van der Waals surface area contributed by atoms with Crippen LogP contribution in [0.25, 0.3) is 6.08 Å². The molecular formula is C17H14FN3O2. The fourth-order valence-corrected chi connectivity index (χ4v) is 1.87. The number of amides is 1. The van der Waals surface area contributed by atoms with E-state index in [1.165, 1.54) is 25.3 Å². The first-order chi connectivity index (χ1) is 11.1. The molecule has 0 saturated carbocycles. The second kappa shape index (κ2) is 7.71. The maximum Gasteiger partial charge on any atom is 0.262 e. The maximum absolute atomic E-state index is 13.6. The minimum absolute atomic E-state index is 0.0998. The minimum Gasteiger partial charge on any atom is -0.494 e. The lowest BCUT2D eigenvalue weighted by atomic mass is 10.1. The van der Waals surface area contributed by atoms with Crippen LogP contribution in [0, 0.1) is 17.1 Å². The van der Waals surface area contributed by atoms with Gasteiger partial charge in [-0.15, -0.1) is 0 Å². The van der Waals surface area contributed by atoms with Crippen molar-refractivity contribution >= 4 is 12.0 Å². The molecule has 0 fully saturated rings. The predicted octanol–water partition coefficient (Wildman–Crippen LogP) is 2.45. The van der Waals surface area contributed by atoms with Crippen LogP contribution in [-0.4, -0.2) is 18.0 Å². The molecule has 0 atom stereocenters. The molecule has 1 N–H and O–H groups in total. The summed E-state index contributed by atoms with van der Waals surface area (Å²) in [5, 5.41) is 11.7. The van der Waals surface area contributed by atoms with Crippen molar-refractivity contribution in [3.8, 4) is 11.8 Å².